The Labute approximate surface area is 139 Å². The van der Waals surface area contributed by atoms with Gasteiger partial charge >= 0.3 is 0 Å². The second kappa shape index (κ2) is 7.92. The van der Waals surface area contributed by atoms with E-state index in [2.05, 4.69) is 10.6 Å². The van der Waals surface area contributed by atoms with Gasteiger partial charge in [0.05, 0.1) is 12.8 Å². The van der Waals surface area contributed by atoms with Crippen LogP contribution in [0.4, 0.5) is 15.8 Å². The van der Waals surface area contributed by atoms with E-state index in [0.29, 0.717) is 11.4 Å². The fourth-order valence-corrected chi connectivity index (χ4v) is 1.99. The largest absolute Gasteiger partial charge is 0.497 e. The Bertz CT molecular complexity index is 788. The second-order valence-electron chi connectivity index (χ2n) is 4.98. The van der Waals surface area contributed by atoms with Crippen LogP contribution in [0, 0.1) is 5.82 Å². The minimum Gasteiger partial charge on any atom is -0.497 e. The van der Waals surface area contributed by atoms with Gasteiger partial charge in [0.1, 0.15) is 11.6 Å². The topological polar surface area (TPSA) is 67.4 Å². The molecule has 2 N–H and O–H groups in total. The predicted molar refractivity (Wildman–Crippen MR) is 91.4 cm³/mol. The summed E-state index contributed by atoms with van der Waals surface area (Å²) < 4.78 is 18.9. The number of hydrogen-bond acceptors (Lipinski definition) is 3. The van der Waals surface area contributed by atoms with Gasteiger partial charge in [0.25, 0.3) is 0 Å². The van der Waals surface area contributed by atoms with Crippen molar-refractivity contribution in [3.8, 4) is 5.75 Å². The minimum absolute atomic E-state index is 0.0125. The summed E-state index contributed by atoms with van der Waals surface area (Å²) in [5, 5.41) is 4.97. The molecular formula is C18H17FN2O3. The highest BCUT2D eigenvalue weighted by Gasteiger charge is 2.07. The number of anilines is 2. The molecule has 24 heavy (non-hydrogen) atoms. The van der Waals surface area contributed by atoms with Crippen molar-refractivity contribution < 1.29 is 18.7 Å². The van der Waals surface area contributed by atoms with Crippen molar-refractivity contribution in [2.75, 3.05) is 17.7 Å². The summed E-state index contributed by atoms with van der Waals surface area (Å²) >= 11 is 0. The molecule has 6 heteroatoms. The van der Waals surface area contributed by atoms with Crippen molar-refractivity contribution in [2.45, 2.75) is 6.92 Å². The number of nitrogens with one attached hydrogen (secondary N) is 2. The molecule has 5 nitrogen and oxygen atoms in total. The van der Waals surface area contributed by atoms with Crippen LogP contribution in [0.15, 0.2) is 48.5 Å². The van der Waals surface area contributed by atoms with Crippen molar-refractivity contribution in [2.24, 2.45) is 0 Å². The third-order valence-electron chi connectivity index (χ3n) is 3.07. The van der Waals surface area contributed by atoms with Crippen molar-refractivity contribution in [1.82, 2.24) is 0 Å². The van der Waals surface area contributed by atoms with Crippen molar-refractivity contribution in [3.05, 3.63) is 59.9 Å². The Morgan fingerprint density at radius 3 is 2.62 bits per heavy atom. The quantitative estimate of drug-likeness (QED) is 0.826. The molecule has 0 aliphatic heterocycles. The highest BCUT2D eigenvalue weighted by Crippen LogP contribution is 2.20. The van der Waals surface area contributed by atoms with E-state index in [1.165, 1.54) is 31.2 Å². The van der Waals surface area contributed by atoms with Crippen LogP contribution in [0.1, 0.15) is 12.5 Å². The zero-order valence-electron chi connectivity index (χ0n) is 13.3. The van der Waals surface area contributed by atoms with Crippen molar-refractivity contribution in [1.29, 1.82) is 0 Å². The van der Waals surface area contributed by atoms with Gasteiger partial charge in [-0.1, -0.05) is 12.1 Å². The van der Waals surface area contributed by atoms with E-state index < -0.39 is 11.7 Å². The van der Waals surface area contributed by atoms with Gasteiger partial charge in [-0.25, -0.2) is 4.39 Å². The van der Waals surface area contributed by atoms with E-state index in [0.717, 1.165) is 5.56 Å². The molecule has 0 saturated heterocycles. The standard InChI is InChI=1S/C18H17FN2O3/c1-12(22)20-14-7-8-16(19)17(11-14)21-18(23)9-6-13-4-3-5-15(10-13)24-2/h3-11H,1-2H3,(H,20,22)(H,21,23)/b9-6+. The van der Waals surface area contributed by atoms with Crippen LogP contribution in [-0.2, 0) is 9.59 Å². The summed E-state index contributed by atoms with van der Waals surface area (Å²) in [5.41, 5.74) is 1.16. The van der Waals surface area contributed by atoms with Gasteiger partial charge in [0.15, 0.2) is 0 Å². The smallest absolute Gasteiger partial charge is 0.248 e. The van der Waals surface area contributed by atoms with Gasteiger partial charge in [-0.15, -0.1) is 0 Å². The molecule has 0 heterocycles. The Balaban J connectivity index is 2.08. The van der Waals surface area contributed by atoms with E-state index in [1.54, 1.807) is 31.4 Å². The first-order chi connectivity index (χ1) is 11.5. The molecule has 2 aromatic carbocycles. The zero-order chi connectivity index (χ0) is 17.5. The summed E-state index contributed by atoms with van der Waals surface area (Å²) in [5.74, 6) is -0.688. The van der Waals surface area contributed by atoms with Gasteiger partial charge in [-0.2, -0.15) is 0 Å². The van der Waals surface area contributed by atoms with Crippen LogP contribution < -0.4 is 15.4 Å². The molecule has 124 valence electrons. The molecule has 0 aliphatic carbocycles. The molecular weight excluding hydrogens is 311 g/mol. The molecule has 0 unspecified atom stereocenters. The van der Waals surface area contributed by atoms with Crippen LogP contribution in [0.5, 0.6) is 5.75 Å². The lowest BCUT2D eigenvalue weighted by atomic mass is 10.2. The third-order valence-corrected chi connectivity index (χ3v) is 3.07. The molecule has 0 spiro atoms. The van der Waals surface area contributed by atoms with E-state index in [-0.39, 0.29) is 11.6 Å². The summed E-state index contributed by atoms with van der Waals surface area (Å²) in [4.78, 5) is 23.0. The van der Waals surface area contributed by atoms with Gasteiger partial charge in [0, 0.05) is 18.7 Å². The minimum atomic E-state index is -0.591. The number of carbonyl (C=O) groups excluding carboxylic acids is 2. The molecule has 0 atom stereocenters. The average Bonchev–Trinajstić information content (AvgIpc) is 2.56. The van der Waals surface area contributed by atoms with Crippen LogP contribution in [0.3, 0.4) is 0 Å². The number of amides is 2. The molecule has 0 bridgehead atoms. The fourth-order valence-electron chi connectivity index (χ4n) is 1.99. The Morgan fingerprint density at radius 2 is 1.92 bits per heavy atom. The molecule has 2 rings (SSSR count). The van der Waals surface area contributed by atoms with Crippen LogP contribution in [-0.4, -0.2) is 18.9 Å². The highest BCUT2D eigenvalue weighted by atomic mass is 19.1. The second-order valence-corrected chi connectivity index (χ2v) is 4.98. The van der Waals surface area contributed by atoms with Gasteiger partial charge < -0.3 is 15.4 Å². The molecule has 0 radical (unpaired) electrons. The van der Waals surface area contributed by atoms with Crippen LogP contribution in [0.25, 0.3) is 6.08 Å². The average molecular weight is 328 g/mol. The Morgan fingerprint density at radius 1 is 1.12 bits per heavy atom. The number of methoxy groups -OCH3 is 1. The number of rotatable bonds is 5. The Kier molecular flexibility index (Phi) is 5.68. The predicted octanol–water partition coefficient (Wildman–Crippen LogP) is 3.44. The third kappa shape index (κ3) is 4.95. The SMILES string of the molecule is COc1cccc(/C=C/C(=O)Nc2cc(NC(C)=O)ccc2F)c1. The monoisotopic (exact) mass is 328 g/mol. The number of hydrogen-bond donors (Lipinski definition) is 2. The van der Waals surface area contributed by atoms with E-state index >= 15 is 0 Å². The summed E-state index contributed by atoms with van der Waals surface area (Å²) in [7, 11) is 1.56. The van der Waals surface area contributed by atoms with Crippen LogP contribution in [0.2, 0.25) is 0 Å². The molecule has 0 aliphatic rings. The first-order valence-electron chi connectivity index (χ1n) is 7.18. The fraction of sp³-hybridized carbons (Fsp3) is 0.111. The number of carbonyl (C=O) groups is 2. The van der Waals surface area contributed by atoms with Gasteiger partial charge in [-0.05, 0) is 42.0 Å². The molecule has 2 aromatic rings. The maximum atomic E-state index is 13.8. The highest BCUT2D eigenvalue weighted by molar-refractivity contribution is 6.02. The Hall–Kier alpha value is -3.15. The summed E-state index contributed by atoms with van der Waals surface area (Å²) in [6, 6.07) is 11.1. The van der Waals surface area contributed by atoms with Crippen LogP contribution >= 0.6 is 0 Å². The summed E-state index contributed by atoms with van der Waals surface area (Å²) in [6.45, 7) is 1.35. The number of ether oxygens (including phenoxy) is 1. The zero-order valence-corrected chi connectivity index (χ0v) is 13.3. The lowest BCUT2D eigenvalue weighted by Gasteiger charge is -2.07. The molecule has 0 aromatic heterocycles. The van der Waals surface area contributed by atoms with Gasteiger partial charge in [0.2, 0.25) is 11.8 Å². The number of benzene rings is 2. The number of halogens is 1. The summed E-state index contributed by atoms with van der Waals surface area (Å²) in [6.07, 6.45) is 2.88. The van der Waals surface area contributed by atoms with Gasteiger partial charge in [-0.3, -0.25) is 9.59 Å². The normalized spacial score (nSPS) is 10.5. The van der Waals surface area contributed by atoms with E-state index in [9.17, 15) is 14.0 Å². The first-order valence-corrected chi connectivity index (χ1v) is 7.18. The maximum absolute atomic E-state index is 13.8. The van der Waals surface area contributed by atoms with Crippen molar-refractivity contribution >= 4 is 29.3 Å². The van der Waals surface area contributed by atoms with E-state index in [4.69, 9.17) is 4.74 Å². The maximum Gasteiger partial charge on any atom is 0.248 e. The lowest BCUT2D eigenvalue weighted by molar-refractivity contribution is -0.114. The molecule has 0 fully saturated rings. The van der Waals surface area contributed by atoms with Crippen molar-refractivity contribution in [3.63, 3.8) is 0 Å². The first kappa shape index (κ1) is 17.2. The van der Waals surface area contributed by atoms with E-state index in [1.807, 2.05) is 6.07 Å². The molecule has 0 saturated carbocycles. The molecule has 2 amide bonds. The lowest BCUT2D eigenvalue weighted by Crippen LogP contribution is -2.11.